The van der Waals surface area contributed by atoms with E-state index in [9.17, 15) is 9.50 Å². The van der Waals surface area contributed by atoms with Gasteiger partial charge < -0.3 is 10.8 Å². The van der Waals surface area contributed by atoms with Crippen molar-refractivity contribution in [3.63, 3.8) is 0 Å². The van der Waals surface area contributed by atoms with Crippen molar-refractivity contribution in [3.05, 3.63) is 47.5 Å². The van der Waals surface area contributed by atoms with Gasteiger partial charge in [-0.05, 0) is 25.1 Å². The summed E-state index contributed by atoms with van der Waals surface area (Å²) in [5, 5.41) is 13.8. The summed E-state index contributed by atoms with van der Waals surface area (Å²) >= 11 is 0. The Bertz CT molecular complexity index is 524. The molecule has 0 amide bonds. The van der Waals surface area contributed by atoms with Crippen LogP contribution < -0.4 is 5.73 Å². The molecule has 0 radical (unpaired) electrons. The lowest BCUT2D eigenvalue weighted by Gasteiger charge is -2.08. The topological polar surface area (TPSA) is 64.1 Å². The van der Waals surface area contributed by atoms with E-state index >= 15 is 0 Å². The zero-order valence-corrected chi connectivity index (χ0v) is 9.47. The Morgan fingerprint density at radius 3 is 2.94 bits per heavy atom. The van der Waals surface area contributed by atoms with Gasteiger partial charge in [0.15, 0.2) is 0 Å². The zero-order chi connectivity index (χ0) is 12.4. The van der Waals surface area contributed by atoms with E-state index in [0.717, 1.165) is 5.69 Å². The molecule has 1 aromatic heterocycles. The third kappa shape index (κ3) is 2.20. The second-order valence-electron chi connectivity index (χ2n) is 3.83. The highest BCUT2D eigenvalue weighted by Crippen LogP contribution is 2.19. The summed E-state index contributed by atoms with van der Waals surface area (Å²) in [6.45, 7) is 1.95. The molecule has 2 aromatic rings. The largest absolute Gasteiger partial charge is 0.387 e. The lowest BCUT2D eigenvalue weighted by molar-refractivity contribution is 0.186. The molecule has 0 bridgehead atoms. The number of benzene rings is 1. The third-order valence-electron chi connectivity index (χ3n) is 2.68. The van der Waals surface area contributed by atoms with Gasteiger partial charge in [0.1, 0.15) is 5.82 Å². The molecule has 5 heteroatoms. The van der Waals surface area contributed by atoms with E-state index in [1.807, 2.05) is 6.92 Å². The number of rotatable bonds is 3. The second-order valence-corrected chi connectivity index (χ2v) is 3.83. The van der Waals surface area contributed by atoms with Crippen LogP contribution in [0.5, 0.6) is 0 Å². The predicted molar refractivity (Wildman–Crippen MR) is 62.3 cm³/mol. The fraction of sp³-hybridized carbons (Fsp3) is 0.250. The molecule has 1 aromatic carbocycles. The molecule has 2 rings (SSSR count). The Hall–Kier alpha value is -1.72. The molecule has 3 N–H and O–H groups in total. The van der Waals surface area contributed by atoms with Gasteiger partial charge in [-0.15, -0.1) is 0 Å². The average Bonchev–Trinajstić information content (AvgIpc) is 2.70. The number of aliphatic hydroxyl groups is 1. The van der Waals surface area contributed by atoms with Crippen LogP contribution >= 0.6 is 0 Å². The molecule has 0 saturated heterocycles. The Kier molecular flexibility index (Phi) is 3.21. The smallest absolute Gasteiger partial charge is 0.125 e. The van der Waals surface area contributed by atoms with Gasteiger partial charge in [0.25, 0.3) is 0 Å². The first-order valence-corrected chi connectivity index (χ1v) is 5.32. The number of hydrogen-bond acceptors (Lipinski definition) is 3. The fourth-order valence-electron chi connectivity index (χ4n) is 1.74. The Morgan fingerprint density at radius 1 is 1.53 bits per heavy atom. The van der Waals surface area contributed by atoms with E-state index < -0.39 is 6.10 Å². The summed E-state index contributed by atoms with van der Waals surface area (Å²) in [5.74, 6) is -0.321. The molecule has 4 nitrogen and oxygen atoms in total. The van der Waals surface area contributed by atoms with Crippen molar-refractivity contribution in [1.29, 1.82) is 0 Å². The molecule has 17 heavy (non-hydrogen) atoms. The average molecular weight is 235 g/mol. The summed E-state index contributed by atoms with van der Waals surface area (Å²) in [5.41, 5.74) is 7.44. The van der Waals surface area contributed by atoms with Crippen LogP contribution in [0.4, 0.5) is 4.39 Å². The van der Waals surface area contributed by atoms with Crippen molar-refractivity contribution in [3.8, 4) is 5.69 Å². The van der Waals surface area contributed by atoms with Gasteiger partial charge >= 0.3 is 0 Å². The monoisotopic (exact) mass is 235 g/mol. The molecule has 0 aliphatic rings. The predicted octanol–water partition coefficient (Wildman–Crippen LogP) is 1.31. The first-order valence-electron chi connectivity index (χ1n) is 5.32. The van der Waals surface area contributed by atoms with Crippen LogP contribution in [0.15, 0.2) is 30.5 Å². The number of aromatic nitrogens is 2. The van der Waals surface area contributed by atoms with Crippen molar-refractivity contribution < 1.29 is 9.50 Å². The van der Waals surface area contributed by atoms with E-state index in [0.29, 0.717) is 11.3 Å². The van der Waals surface area contributed by atoms with E-state index in [-0.39, 0.29) is 12.4 Å². The molecule has 1 unspecified atom stereocenters. The SMILES string of the molecule is Cc1c(C(O)CN)cnn1-c1cccc(F)c1. The maximum atomic E-state index is 13.1. The quantitative estimate of drug-likeness (QED) is 0.843. The Labute approximate surface area is 98.5 Å². The number of aliphatic hydroxyl groups excluding tert-OH is 1. The minimum absolute atomic E-state index is 0.135. The van der Waals surface area contributed by atoms with E-state index in [4.69, 9.17) is 5.73 Å². The van der Waals surface area contributed by atoms with Gasteiger partial charge in [0.05, 0.1) is 18.0 Å². The normalized spacial score (nSPS) is 12.7. The van der Waals surface area contributed by atoms with Crippen molar-refractivity contribution in [1.82, 2.24) is 9.78 Å². The van der Waals surface area contributed by atoms with Gasteiger partial charge in [-0.2, -0.15) is 5.10 Å². The van der Waals surface area contributed by atoms with Gasteiger partial charge in [-0.25, -0.2) is 9.07 Å². The van der Waals surface area contributed by atoms with Crippen LogP contribution in [0.2, 0.25) is 0 Å². The molecule has 1 heterocycles. The summed E-state index contributed by atoms with van der Waals surface area (Å²) in [7, 11) is 0. The minimum atomic E-state index is -0.739. The van der Waals surface area contributed by atoms with Crippen LogP contribution in [-0.2, 0) is 0 Å². The molecular formula is C12H14FN3O. The highest BCUT2D eigenvalue weighted by atomic mass is 19.1. The van der Waals surface area contributed by atoms with Crippen LogP contribution in [0.25, 0.3) is 5.69 Å². The molecule has 0 fully saturated rings. The summed E-state index contributed by atoms with van der Waals surface area (Å²) < 4.78 is 14.7. The first kappa shape index (κ1) is 11.8. The zero-order valence-electron chi connectivity index (χ0n) is 9.47. The molecule has 0 saturated carbocycles. The second kappa shape index (κ2) is 4.65. The standard InChI is InChI=1S/C12H14FN3O/c1-8-11(12(17)6-14)7-15-16(8)10-4-2-3-9(13)5-10/h2-5,7,12,17H,6,14H2,1H3. The van der Waals surface area contributed by atoms with Crippen molar-refractivity contribution in [2.45, 2.75) is 13.0 Å². The minimum Gasteiger partial charge on any atom is -0.387 e. The molecular weight excluding hydrogens is 221 g/mol. The molecule has 90 valence electrons. The van der Waals surface area contributed by atoms with Crippen molar-refractivity contribution >= 4 is 0 Å². The maximum absolute atomic E-state index is 13.1. The summed E-state index contributed by atoms with van der Waals surface area (Å²) in [4.78, 5) is 0. The van der Waals surface area contributed by atoms with Crippen molar-refractivity contribution in [2.24, 2.45) is 5.73 Å². The van der Waals surface area contributed by atoms with Gasteiger partial charge in [0, 0.05) is 17.8 Å². The van der Waals surface area contributed by atoms with E-state index in [2.05, 4.69) is 5.10 Å². The molecule has 0 aliphatic heterocycles. The third-order valence-corrected chi connectivity index (χ3v) is 2.68. The van der Waals surface area contributed by atoms with Crippen LogP contribution in [-0.4, -0.2) is 21.4 Å². The number of hydrogen-bond donors (Lipinski definition) is 2. The van der Waals surface area contributed by atoms with Crippen molar-refractivity contribution in [2.75, 3.05) is 6.54 Å². The fourth-order valence-corrected chi connectivity index (χ4v) is 1.74. The Balaban J connectivity index is 2.44. The molecule has 1 atom stereocenters. The van der Waals surface area contributed by atoms with Gasteiger partial charge in [0.2, 0.25) is 0 Å². The molecule has 0 aliphatic carbocycles. The highest BCUT2D eigenvalue weighted by Gasteiger charge is 2.14. The van der Waals surface area contributed by atoms with Crippen LogP contribution in [0.3, 0.4) is 0 Å². The highest BCUT2D eigenvalue weighted by molar-refractivity contribution is 5.35. The number of nitrogens with zero attached hydrogens (tertiary/aromatic N) is 2. The first-order chi connectivity index (χ1) is 8.13. The van der Waals surface area contributed by atoms with E-state index in [1.54, 1.807) is 23.0 Å². The van der Waals surface area contributed by atoms with Gasteiger partial charge in [-0.1, -0.05) is 6.07 Å². The Morgan fingerprint density at radius 2 is 2.29 bits per heavy atom. The number of halogens is 1. The molecule has 0 spiro atoms. The van der Waals surface area contributed by atoms with Gasteiger partial charge in [-0.3, -0.25) is 0 Å². The lowest BCUT2D eigenvalue weighted by Crippen LogP contribution is -2.12. The number of nitrogens with two attached hydrogens (primary N) is 1. The summed E-state index contributed by atoms with van der Waals surface area (Å²) in [6, 6.07) is 6.13. The maximum Gasteiger partial charge on any atom is 0.125 e. The van der Waals surface area contributed by atoms with Crippen LogP contribution in [0, 0.1) is 12.7 Å². The van der Waals surface area contributed by atoms with E-state index in [1.165, 1.54) is 12.1 Å². The van der Waals surface area contributed by atoms with Crippen LogP contribution in [0.1, 0.15) is 17.4 Å². The lowest BCUT2D eigenvalue weighted by atomic mass is 10.1. The summed E-state index contributed by atoms with van der Waals surface area (Å²) in [6.07, 6.45) is 0.815.